The van der Waals surface area contributed by atoms with E-state index in [2.05, 4.69) is 5.32 Å². The van der Waals surface area contributed by atoms with Crippen LogP contribution < -0.4 is 5.32 Å². The van der Waals surface area contributed by atoms with Crippen LogP contribution in [-0.4, -0.2) is 22.7 Å². The number of carbonyl (C=O) groups excluding carboxylic acids is 3. The third kappa shape index (κ3) is 3.87. The molecule has 1 aliphatic carbocycles. The van der Waals surface area contributed by atoms with Crippen molar-refractivity contribution < 1.29 is 14.4 Å². The highest BCUT2D eigenvalue weighted by Crippen LogP contribution is 2.29. The lowest BCUT2D eigenvalue weighted by Gasteiger charge is -2.18. The molecule has 0 unspecified atom stereocenters. The molecule has 0 bridgehead atoms. The molecule has 0 spiro atoms. The predicted molar refractivity (Wildman–Crippen MR) is 116 cm³/mol. The van der Waals surface area contributed by atoms with Crippen molar-refractivity contribution in [3.63, 3.8) is 0 Å². The first-order valence-electron chi connectivity index (χ1n) is 9.33. The molecule has 0 radical (unpaired) electrons. The number of anilines is 1. The fourth-order valence-corrected chi connectivity index (χ4v) is 4.14. The van der Waals surface area contributed by atoms with Crippen molar-refractivity contribution in [2.24, 2.45) is 0 Å². The van der Waals surface area contributed by atoms with Crippen LogP contribution in [0.3, 0.4) is 0 Å². The molecule has 4 nitrogen and oxygen atoms in total. The first-order valence-corrected chi connectivity index (χ1v) is 10.4. The Balaban J connectivity index is 1.48. The SMILES string of the molecule is C[C@H](SCc1ccccc1)C(=O)Nc1ccc2c(c1)C(=O)c1ccccc1C2=O. The Morgan fingerprint density at radius 1 is 0.828 bits per heavy atom. The number of nitrogens with one attached hydrogen (secondary N) is 1. The molecule has 0 heterocycles. The van der Waals surface area contributed by atoms with Crippen LogP contribution in [-0.2, 0) is 10.5 Å². The minimum Gasteiger partial charge on any atom is -0.325 e. The van der Waals surface area contributed by atoms with Crippen LogP contribution in [0.4, 0.5) is 5.69 Å². The fraction of sp³-hybridized carbons (Fsp3) is 0.125. The Morgan fingerprint density at radius 3 is 2.10 bits per heavy atom. The highest BCUT2D eigenvalue weighted by Gasteiger charge is 2.29. The molecule has 1 aliphatic rings. The molecule has 29 heavy (non-hydrogen) atoms. The lowest BCUT2D eigenvalue weighted by Crippen LogP contribution is -2.24. The number of hydrogen-bond donors (Lipinski definition) is 1. The van der Waals surface area contributed by atoms with Gasteiger partial charge in [0.2, 0.25) is 5.91 Å². The van der Waals surface area contributed by atoms with Crippen LogP contribution in [0.2, 0.25) is 0 Å². The molecule has 3 aromatic carbocycles. The van der Waals surface area contributed by atoms with Crippen molar-refractivity contribution >= 4 is 34.9 Å². The van der Waals surface area contributed by atoms with Gasteiger partial charge in [0.05, 0.1) is 5.25 Å². The lowest BCUT2D eigenvalue weighted by molar-refractivity contribution is -0.115. The summed E-state index contributed by atoms with van der Waals surface area (Å²) in [6.07, 6.45) is 0. The highest BCUT2D eigenvalue weighted by atomic mass is 32.2. The highest BCUT2D eigenvalue weighted by molar-refractivity contribution is 7.99. The summed E-state index contributed by atoms with van der Waals surface area (Å²) in [4.78, 5) is 38.1. The zero-order valence-corrected chi connectivity index (χ0v) is 16.7. The quantitative estimate of drug-likeness (QED) is 0.525. The molecule has 4 rings (SSSR count). The molecule has 0 saturated heterocycles. The first-order chi connectivity index (χ1) is 14.0. The van der Waals surface area contributed by atoms with Crippen molar-refractivity contribution in [2.75, 3.05) is 5.32 Å². The molecule has 0 saturated carbocycles. The van der Waals surface area contributed by atoms with Gasteiger partial charge >= 0.3 is 0 Å². The van der Waals surface area contributed by atoms with Crippen LogP contribution in [0, 0.1) is 0 Å². The van der Waals surface area contributed by atoms with E-state index in [1.807, 2.05) is 37.3 Å². The summed E-state index contributed by atoms with van der Waals surface area (Å²) < 4.78 is 0. The largest absolute Gasteiger partial charge is 0.325 e. The van der Waals surface area contributed by atoms with Gasteiger partial charge in [-0.3, -0.25) is 14.4 Å². The average molecular weight is 401 g/mol. The smallest absolute Gasteiger partial charge is 0.237 e. The lowest BCUT2D eigenvalue weighted by atomic mass is 9.84. The molecule has 1 N–H and O–H groups in total. The second-order valence-electron chi connectivity index (χ2n) is 6.89. The molecular formula is C24H19NO3S. The molecule has 0 fully saturated rings. The van der Waals surface area contributed by atoms with E-state index in [0.29, 0.717) is 27.9 Å². The molecule has 0 aromatic heterocycles. The number of hydrogen-bond acceptors (Lipinski definition) is 4. The van der Waals surface area contributed by atoms with Crippen LogP contribution in [0.5, 0.6) is 0 Å². The van der Waals surface area contributed by atoms with Gasteiger partial charge in [0.15, 0.2) is 11.6 Å². The maximum absolute atomic E-state index is 12.8. The summed E-state index contributed by atoms with van der Waals surface area (Å²) in [6, 6.07) is 21.7. The van der Waals surface area contributed by atoms with Crippen LogP contribution in [0.1, 0.15) is 44.3 Å². The molecule has 144 valence electrons. The van der Waals surface area contributed by atoms with E-state index in [-0.39, 0.29) is 22.7 Å². The normalized spacial score (nSPS) is 13.4. The Labute approximate surface area is 173 Å². The van der Waals surface area contributed by atoms with E-state index in [0.717, 1.165) is 11.3 Å². The van der Waals surface area contributed by atoms with Crippen molar-refractivity contribution in [1.82, 2.24) is 0 Å². The summed E-state index contributed by atoms with van der Waals surface area (Å²) in [5.74, 6) is 0.238. The van der Waals surface area contributed by atoms with Gasteiger partial charge in [-0.15, -0.1) is 11.8 Å². The van der Waals surface area contributed by atoms with Crippen LogP contribution in [0.25, 0.3) is 0 Å². The summed E-state index contributed by atoms with van der Waals surface area (Å²) in [5, 5.41) is 2.60. The van der Waals surface area contributed by atoms with Crippen molar-refractivity contribution in [1.29, 1.82) is 0 Å². The fourth-order valence-electron chi connectivity index (χ4n) is 3.29. The number of thioether (sulfide) groups is 1. The van der Waals surface area contributed by atoms with Gasteiger partial charge in [-0.05, 0) is 30.7 Å². The number of fused-ring (bicyclic) bond motifs is 2. The number of ketones is 2. The molecule has 3 aromatic rings. The van der Waals surface area contributed by atoms with Gasteiger partial charge in [-0.25, -0.2) is 0 Å². The molecular weight excluding hydrogens is 382 g/mol. The van der Waals surface area contributed by atoms with Crippen LogP contribution in [0.15, 0.2) is 72.8 Å². The first kappa shape index (κ1) is 19.2. The number of benzene rings is 3. The molecule has 1 amide bonds. The van der Waals surface area contributed by atoms with Gasteiger partial charge in [0, 0.05) is 33.7 Å². The predicted octanol–water partition coefficient (Wildman–Crippen LogP) is 4.72. The van der Waals surface area contributed by atoms with Crippen molar-refractivity contribution in [2.45, 2.75) is 17.9 Å². The molecule has 1 atom stereocenters. The Bertz CT molecular complexity index is 1110. The van der Waals surface area contributed by atoms with E-state index in [1.54, 1.807) is 54.2 Å². The summed E-state index contributed by atoms with van der Waals surface area (Å²) >= 11 is 1.54. The van der Waals surface area contributed by atoms with E-state index in [9.17, 15) is 14.4 Å². The van der Waals surface area contributed by atoms with Gasteiger partial charge in [-0.1, -0.05) is 54.6 Å². The summed E-state index contributed by atoms with van der Waals surface area (Å²) in [6.45, 7) is 1.85. The third-order valence-corrected chi connectivity index (χ3v) is 6.12. The maximum atomic E-state index is 12.8. The monoisotopic (exact) mass is 401 g/mol. The molecule has 5 heteroatoms. The number of amides is 1. The summed E-state index contributed by atoms with van der Waals surface area (Å²) in [5.41, 5.74) is 3.21. The van der Waals surface area contributed by atoms with Gasteiger partial charge in [-0.2, -0.15) is 0 Å². The standard InChI is InChI=1S/C24H19NO3S/c1-15(29-14-16-7-3-2-4-8-16)24(28)25-17-11-12-20-21(13-17)23(27)19-10-6-5-9-18(19)22(20)26/h2-13,15H,14H2,1H3,(H,25,28)/t15-/m0/s1. The number of carbonyl (C=O) groups is 3. The van der Waals surface area contributed by atoms with E-state index < -0.39 is 0 Å². The van der Waals surface area contributed by atoms with Crippen molar-refractivity contribution in [3.05, 3.63) is 101 Å². The maximum Gasteiger partial charge on any atom is 0.237 e. The van der Waals surface area contributed by atoms with Gasteiger partial charge in [0.1, 0.15) is 0 Å². The zero-order chi connectivity index (χ0) is 20.4. The minimum atomic E-state index is -0.260. The van der Waals surface area contributed by atoms with Gasteiger partial charge in [0.25, 0.3) is 0 Å². The molecule has 0 aliphatic heterocycles. The zero-order valence-electron chi connectivity index (χ0n) is 15.8. The van der Waals surface area contributed by atoms with E-state index in [1.165, 1.54) is 0 Å². The number of rotatable bonds is 5. The second kappa shape index (κ2) is 8.05. The topological polar surface area (TPSA) is 63.2 Å². The third-order valence-electron chi connectivity index (χ3n) is 4.90. The second-order valence-corrected chi connectivity index (χ2v) is 8.22. The van der Waals surface area contributed by atoms with E-state index in [4.69, 9.17) is 0 Å². The average Bonchev–Trinajstić information content (AvgIpc) is 2.76. The minimum absolute atomic E-state index is 0.138. The Hall–Kier alpha value is -3.18. The van der Waals surface area contributed by atoms with Crippen LogP contribution >= 0.6 is 11.8 Å². The van der Waals surface area contributed by atoms with Gasteiger partial charge < -0.3 is 5.32 Å². The Kier molecular flexibility index (Phi) is 5.32. The van der Waals surface area contributed by atoms with E-state index >= 15 is 0 Å². The van der Waals surface area contributed by atoms with Crippen molar-refractivity contribution in [3.8, 4) is 0 Å². The Morgan fingerprint density at radius 2 is 1.41 bits per heavy atom. The summed E-state index contributed by atoms with van der Waals surface area (Å²) in [7, 11) is 0.